The zero-order valence-electron chi connectivity index (χ0n) is 8.98. The smallest absolute Gasteiger partial charge is 0.335 e. The lowest BCUT2D eigenvalue weighted by Gasteiger charge is -2.05. The minimum absolute atomic E-state index is 0.331. The molecule has 82 valence electrons. The molecule has 1 saturated carbocycles. The van der Waals surface area contributed by atoms with Crippen molar-refractivity contribution in [3.8, 4) is 0 Å². The van der Waals surface area contributed by atoms with Gasteiger partial charge in [0.15, 0.2) is 0 Å². The minimum atomic E-state index is -0.879. The van der Waals surface area contributed by atoms with E-state index in [1.54, 1.807) is 30.3 Å². The lowest BCUT2D eigenvalue weighted by Crippen LogP contribution is -1.93. The first kappa shape index (κ1) is 11.8. The van der Waals surface area contributed by atoms with Crippen molar-refractivity contribution >= 4 is 5.97 Å². The Morgan fingerprint density at radius 3 is 1.53 bits per heavy atom. The predicted octanol–water partition coefficient (Wildman–Crippen LogP) is 3.73. The second-order valence-electron chi connectivity index (χ2n) is 3.79. The van der Waals surface area contributed by atoms with Crippen molar-refractivity contribution in [2.75, 3.05) is 0 Å². The fourth-order valence-electron chi connectivity index (χ4n) is 1.64. The number of carboxylic acid groups (broad SMARTS) is 1. The highest BCUT2D eigenvalue weighted by molar-refractivity contribution is 5.87. The molecule has 0 radical (unpaired) electrons. The summed E-state index contributed by atoms with van der Waals surface area (Å²) in [6.45, 7) is 0. The van der Waals surface area contributed by atoms with Crippen molar-refractivity contribution in [2.45, 2.75) is 38.5 Å². The molecule has 0 unspecified atom stereocenters. The van der Waals surface area contributed by atoms with Gasteiger partial charge in [0.05, 0.1) is 5.56 Å². The first-order valence-electron chi connectivity index (χ1n) is 5.59. The van der Waals surface area contributed by atoms with Crippen LogP contribution in [-0.2, 0) is 0 Å². The molecule has 0 saturated heterocycles. The van der Waals surface area contributed by atoms with Gasteiger partial charge in [-0.3, -0.25) is 0 Å². The van der Waals surface area contributed by atoms with Gasteiger partial charge in [0.1, 0.15) is 0 Å². The maximum Gasteiger partial charge on any atom is 0.335 e. The molecule has 1 fully saturated rings. The Labute approximate surface area is 90.9 Å². The number of aromatic carboxylic acids is 1. The van der Waals surface area contributed by atoms with Crippen LogP contribution in [0.4, 0.5) is 0 Å². The summed E-state index contributed by atoms with van der Waals surface area (Å²) < 4.78 is 0. The summed E-state index contributed by atoms with van der Waals surface area (Å²) in [5.41, 5.74) is 0.331. The number of hydrogen-bond donors (Lipinski definition) is 1. The summed E-state index contributed by atoms with van der Waals surface area (Å²) in [4.78, 5) is 10.2. The molecule has 1 aromatic carbocycles. The lowest BCUT2D eigenvalue weighted by atomic mass is 10.0. The van der Waals surface area contributed by atoms with Crippen molar-refractivity contribution < 1.29 is 9.90 Å². The Balaban J connectivity index is 0.000000162. The first-order valence-corrected chi connectivity index (χ1v) is 5.59. The van der Waals surface area contributed by atoms with Crippen LogP contribution in [0, 0.1) is 0 Å². The minimum Gasteiger partial charge on any atom is -0.478 e. The standard InChI is InChI=1S/C7H6O2.C6H12/c8-7(9)6-4-2-1-3-5-6;1-2-4-6-5-3-1/h1-5H,(H,8,9);1-6H2. The Bertz CT molecular complexity index is 264. The van der Waals surface area contributed by atoms with Crippen LogP contribution in [0.25, 0.3) is 0 Å². The molecular formula is C13H18O2. The van der Waals surface area contributed by atoms with Gasteiger partial charge >= 0.3 is 5.97 Å². The number of carboxylic acids is 1. The van der Waals surface area contributed by atoms with Gasteiger partial charge in [0, 0.05) is 0 Å². The van der Waals surface area contributed by atoms with E-state index in [9.17, 15) is 4.79 Å². The SMILES string of the molecule is C1CCCCC1.O=C(O)c1ccccc1. The summed E-state index contributed by atoms with van der Waals surface area (Å²) in [5, 5.41) is 8.38. The topological polar surface area (TPSA) is 37.3 Å². The van der Waals surface area contributed by atoms with Gasteiger partial charge in [-0.1, -0.05) is 56.7 Å². The van der Waals surface area contributed by atoms with E-state index in [0.29, 0.717) is 5.56 Å². The van der Waals surface area contributed by atoms with Crippen LogP contribution in [-0.4, -0.2) is 11.1 Å². The fourth-order valence-corrected chi connectivity index (χ4v) is 1.64. The van der Waals surface area contributed by atoms with Crippen LogP contribution in [0.3, 0.4) is 0 Å². The van der Waals surface area contributed by atoms with Crippen LogP contribution < -0.4 is 0 Å². The maximum absolute atomic E-state index is 10.2. The molecule has 2 nitrogen and oxygen atoms in total. The largest absolute Gasteiger partial charge is 0.478 e. The van der Waals surface area contributed by atoms with E-state index < -0.39 is 5.97 Å². The van der Waals surface area contributed by atoms with Crippen LogP contribution in [0.15, 0.2) is 30.3 Å². The zero-order valence-corrected chi connectivity index (χ0v) is 8.98. The van der Waals surface area contributed by atoms with Crippen molar-refractivity contribution in [1.29, 1.82) is 0 Å². The molecule has 1 aromatic rings. The van der Waals surface area contributed by atoms with E-state index >= 15 is 0 Å². The zero-order chi connectivity index (χ0) is 10.9. The molecular weight excluding hydrogens is 188 g/mol. The van der Waals surface area contributed by atoms with E-state index in [-0.39, 0.29) is 0 Å². The average molecular weight is 206 g/mol. The molecule has 0 heterocycles. The summed E-state index contributed by atoms with van der Waals surface area (Å²) in [5.74, 6) is -0.879. The van der Waals surface area contributed by atoms with Gasteiger partial charge in [-0.25, -0.2) is 4.79 Å². The molecule has 2 heteroatoms. The number of rotatable bonds is 1. The number of benzene rings is 1. The van der Waals surface area contributed by atoms with Crippen LogP contribution in [0.2, 0.25) is 0 Å². The molecule has 0 atom stereocenters. The Morgan fingerprint density at radius 2 is 1.27 bits per heavy atom. The third-order valence-corrected chi connectivity index (χ3v) is 2.52. The Kier molecular flexibility index (Phi) is 5.52. The van der Waals surface area contributed by atoms with Gasteiger partial charge in [-0.15, -0.1) is 0 Å². The predicted molar refractivity (Wildman–Crippen MR) is 61.1 cm³/mol. The highest BCUT2D eigenvalue weighted by Gasteiger charge is 1.96. The molecule has 0 spiro atoms. The quantitative estimate of drug-likeness (QED) is 0.760. The molecule has 0 amide bonds. The van der Waals surface area contributed by atoms with E-state index in [4.69, 9.17) is 5.11 Å². The van der Waals surface area contributed by atoms with Crippen LogP contribution in [0.5, 0.6) is 0 Å². The van der Waals surface area contributed by atoms with Gasteiger partial charge in [-0.05, 0) is 12.1 Å². The fraction of sp³-hybridized carbons (Fsp3) is 0.462. The Hall–Kier alpha value is -1.31. The lowest BCUT2D eigenvalue weighted by molar-refractivity contribution is 0.0697. The summed E-state index contributed by atoms with van der Waals surface area (Å²) in [7, 11) is 0. The summed E-state index contributed by atoms with van der Waals surface area (Å²) in [6.07, 6.45) is 9.00. The summed E-state index contributed by atoms with van der Waals surface area (Å²) in [6, 6.07) is 8.30. The molecule has 1 N–H and O–H groups in total. The van der Waals surface area contributed by atoms with Crippen LogP contribution in [0.1, 0.15) is 48.9 Å². The normalized spacial score (nSPS) is 14.9. The molecule has 0 aliphatic heterocycles. The van der Waals surface area contributed by atoms with Crippen molar-refractivity contribution in [3.63, 3.8) is 0 Å². The average Bonchev–Trinajstić information content (AvgIpc) is 2.33. The second-order valence-corrected chi connectivity index (χ2v) is 3.79. The van der Waals surface area contributed by atoms with Gasteiger partial charge < -0.3 is 5.11 Å². The molecule has 2 rings (SSSR count). The summed E-state index contributed by atoms with van der Waals surface area (Å²) >= 11 is 0. The third kappa shape index (κ3) is 5.21. The van der Waals surface area contributed by atoms with Crippen molar-refractivity contribution in [3.05, 3.63) is 35.9 Å². The molecule has 0 bridgehead atoms. The second kappa shape index (κ2) is 7.04. The van der Waals surface area contributed by atoms with Crippen molar-refractivity contribution in [1.82, 2.24) is 0 Å². The highest BCUT2D eigenvalue weighted by Crippen LogP contribution is 2.15. The van der Waals surface area contributed by atoms with Gasteiger partial charge in [-0.2, -0.15) is 0 Å². The van der Waals surface area contributed by atoms with E-state index in [2.05, 4.69) is 0 Å². The maximum atomic E-state index is 10.2. The van der Waals surface area contributed by atoms with E-state index in [1.807, 2.05) is 0 Å². The Morgan fingerprint density at radius 1 is 0.867 bits per heavy atom. The van der Waals surface area contributed by atoms with E-state index in [1.165, 1.54) is 38.5 Å². The molecule has 15 heavy (non-hydrogen) atoms. The number of carbonyl (C=O) groups is 1. The number of hydrogen-bond acceptors (Lipinski definition) is 1. The monoisotopic (exact) mass is 206 g/mol. The first-order chi connectivity index (χ1) is 7.30. The van der Waals surface area contributed by atoms with E-state index in [0.717, 1.165) is 0 Å². The molecule has 1 aliphatic carbocycles. The highest BCUT2D eigenvalue weighted by atomic mass is 16.4. The van der Waals surface area contributed by atoms with Crippen molar-refractivity contribution in [2.24, 2.45) is 0 Å². The molecule has 1 aliphatic rings. The molecule has 0 aromatic heterocycles. The van der Waals surface area contributed by atoms with Gasteiger partial charge in [0.25, 0.3) is 0 Å². The third-order valence-electron chi connectivity index (χ3n) is 2.52. The van der Waals surface area contributed by atoms with Gasteiger partial charge in [0.2, 0.25) is 0 Å². The van der Waals surface area contributed by atoms with Crippen LogP contribution >= 0.6 is 0 Å².